The fraction of sp³-hybridized carbons (Fsp3) is 0.500. The minimum Gasteiger partial charge on any atom is -0.496 e. The first-order valence-corrected chi connectivity index (χ1v) is 7.41. The zero-order chi connectivity index (χ0) is 15.8. The number of aliphatic imine (C=N–C) groups is 1. The van der Waals surface area contributed by atoms with Gasteiger partial charge >= 0.3 is 0 Å². The lowest BCUT2D eigenvalue weighted by Gasteiger charge is -2.11. The second-order valence-corrected chi connectivity index (χ2v) is 4.96. The number of hydrogen-bond acceptors (Lipinski definition) is 6. The number of benzene rings is 1. The SMILES string of the molecule is COc1cc(OC)c(OC)cc1/C=N\NC1=NCCCCC1. The molecule has 1 aliphatic rings. The Morgan fingerprint density at radius 2 is 1.73 bits per heavy atom. The van der Waals surface area contributed by atoms with Gasteiger partial charge in [-0.25, -0.2) is 0 Å². The van der Waals surface area contributed by atoms with E-state index in [0.29, 0.717) is 17.2 Å². The first kappa shape index (κ1) is 16.1. The molecule has 1 aliphatic heterocycles. The lowest BCUT2D eigenvalue weighted by molar-refractivity contribution is 0.349. The average Bonchev–Trinajstić information content (AvgIpc) is 2.83. The van der Waals surface area contributed by atoms with Crippen LogP contribution in [0.15, 0.2) is 22.2 Å². The first-order chi connectivity index (χ1) is 10.8. The Kier molecular flexibility index (Phi) is 6.06. The highest BCUT2D eigenvalue weighted by molar-refractivity contribution is 5.87. The summed E-state index contributed by atoms with van der Waals surface area (Å²) in [5, 5.41) is 4.26. The van der Waals surface area contributed by atoms with E-state index < -0.39 is 0 Å². The van der Waals surface area contributed by atoms with Crippen molar-refractivity contribution in [3.63, 3.8) is 0 Å². The van der Waals surface area contributed by atoms with Crippen LogP contribution in [0.2, 0.25) is 0 Å². The molecule has 0 bridgehead atoms. The van der Waals surface area contributed by atoms with Crippen molar-refractivity contribution in [1.82, 2.24) is 5.43 Å². The number of methoxy groups -OCH3 is 3. The maximum atomic E-state index is 5.37. The van der Waals surface area contributed by atoms with Crippen LogP contribution in [0.5, 0.6) is 17.2 Å². The molecular formula is C16H23N3O3. The quantitative estimate of drug-likeness (QED) is 0.671. The van der Waals surface area contributed by atoms with Crippen LogP contribution < -0.4 is 19.6 Å². The van der Waals surface area contributed by atoms with Gasteiger partial charge in [0, 0.05) is 24.6 Å². The van der Waals surface area contributed by atoms with Gasteiger partial charge in [0.1, 0.15) is 11.6 Å². The molecule has 0 fully saturated rings. The summed E-state index contributed by atoms with van der Waals surface area (Å²) in [6, 6.07) is 3.61. The first-order valence-electron chi connectivity index (χ1n) is 7.41. The van der Waals surface area contributed by atoms with Gasteiger partial charge in [0.25, 0.3) is 0 Å². The summed E-state index contributed by atoms with van der Waals surface area (Å²) in [7, 11) is 4.81. The molecule has 0 saturated heterocycles. The van der Waals surface area contributed by atoms with Crippen LogP contribution in [0.25, 0.3) is 0 Å². The van der Waals surface area contributed by atoms with Gasteiger partial charge in [-0.05, 0) is 18.9 Å². The van der Waals surface area contributed by atoms with Gasteiger partial charge in [0.05, 0.1) is 27.5 Å². The molecule has 1 N–H and O–H groups in total. The van der Waals surface area contributed by atoms with Crippen molar-refractivity contribution in [2.24, 2.45) is 10.1 Å². The smallest absolute Gasteiger partial charge is 0.164 e. The molecule has 0 aliphatic carbocycles. The molecule has 0 aromatic heterocycles. The maximum absolute atomic E-state index is 5.37. The van der Waals surface area contributed by atoms with Crippen LogP contribution in [-0.2, 0) is 0 Å². The third-order valence-corrected chi connectivity index (χ3v) is 3.51. The van der Waals surface area contributed by atoms with Gasteiger partial charge in [-0.2, -0.15) is 5.10 Å². The molecule has 1 heterocycles. The topological polar surface area (TPSA) is 64.4 Å². The summed E-state index contributed by atoms with van der Waals surface area (Å²) in [5.41, 5.74) is 3.83. The lowest BCUT2D eigenvalue weighted by Crippen LogP contribution is -2.17. The molecule has 6 nitrogen and oxygen atoms in total. The highest BCUT2D eigenvalue weighted by Crippen LogP contribution is 2.33. The van der Waals surface area contributed by atoms with Crippen molar-refractivity contribution in [3.8, 4) is 17.2 Å². The molecule has 2 rings (SSSR count). The molecule has 1 aromatic carbocycles. The van der Waals surface area contributed by atoms with E-state index in [1.54, 1.807) is 33.6 Å². The molecular weight excluding hydrogens is 282 g/mol. The number of hydrazone groups is 1. The summed E-state index contributed by atoms with van der Waals surface area (Å²) in [6.45, 7) is 0.873. The second kappa shape index (κ2) is 8.26. The Hall–Kier alpha value is -2.24. The molecule has 6 heteroatoms. The molecule has 1 aromatic rings. The van der Waals surface area contributed by atoms with Gasteiger partial charge in [-0.1, -0.05) is 6.42 Å². The molecule has 22 heavy (non-hydrogen) atoms. The van der Waals surface area contributed by atoms with E-state index >= 15 is 0 Å². The third-order valence-electron chi connectivity index (χ3n) is 3.51. The van der Waals surface area contributed by atoms with Crippen LogP contribution in [0, 0.1) is 0 Å². The Bertz CT molecular complexity index is 556. The van der Waals surface area contributed by atoms with Gasteiger partial charge in [0.2, 0.25) is 0 Å². The molecule has 0 amide bonds. The van der Waals surface area contributed by atoms with Crippen molar-refractivity contribution in [1.29, 1.82) is 0 Å². The Balaban J connectivity index is 2.13. The van der Waals surface area contributed by atoms with Crippen molar-refractivity contribution in [3.05, 3.63) is 17.7 Å². The van der Waals surface area contributed by atoms with E-state index in [2.05, 4.69) is 15.5 Å². The highest BCUT2D eigenvalue weighted by Gasteiger charge is 2.10. The number of hydrogen-bond donors (Lipinski definition) is 1. The third kappa shape index (κ3) is 4.13. The van der Waals surface area contributed by atoms with E-state index in [-0.39, 0.29) is 0 Å². The molecule has 0 unspecified atom stereocenters. The summed E-state index contributed by atoms with van der Waals surface area (Å²) < 4.78 is 15.9. The maximum Gasteiger partial charge on any atom is 0.164 e. The van der Waals surface area contributed by atoms with Crippen LogP contribution >= 0.6 is 0 Å². The predicted molar refractivity (Wildman–Crippen MR) is 87.6 cm³/mol. The van der Waals surface area contributed by atoms with Crippen molar-refractivity contribution in [2.75, 3.05) is 27.9 Å². The monoisotopic (exact) mass is 305 g/mol. The number of nitrogens with one attached hydrogen (secondary N) is 1. The normalized spacial score (nSPS) is 15.1. The van der Waals surface area contributed by atoms with Gasteiger partial charge in [-0.15, -0.1) is 0 Å². The molecule has 0 atom stereocenters. The van der Waals surface area contributed by atoms with E-state index in [4.69, 9.17) is 14.2 Å². The number of rotatable bonds is 5. The van der Waals surface area contributed by atoms with Crippen molar-refractivity contribution >= 4 is 12.1 Å². The number of nitrogens with zero attached hydrogens (tertiary/aromatic N) is 2. The number of amidine groups is 1. The molecule has 120 valence electrons. The summed E-state index contributed by atoms with van der Waals surface area (Å²) in [6.07, 6.45) is 6.18. The standard InChI is InChI=1S/C16H23N3O3/c1-20-13-10-15(22-3)14(21-2)9-12(13)11-18-19-16-7-5-4-6-8-17-16/h9-11H,4-8H2,1-3H3,(H,17,19)/b18-11-. The van der Waals surface area contributed by atoms with Crippen LogP contribution in [0.3, 0.4) is 0 Å². The lowest BCUT2D eigenvalue weighted by atomic mass is 10.2. The Morgan fingerprint density at radius 1 is 1.00 bits per heavy atom. The van der Waals surface area contributed by atoms with Gasteiger partial charge in [0.15, 0.2) is 11.5 Å². The molecule has 0 spiro atoms. The Morgan fingerprint density at radius 3 is 2.45 bits per heavy atom. The zero-order valence-corrected chi connectivity index (χ0v) is 13.4. The fourth-order valence-corrected chi connectivity index (χ4v) is 2.30. The molecule has 0 radical (unpaired) electrons. The summed E-state index contributed by atoms with van der Waals surface area (Å²) >= 11 is 0. The fourth-order valence-electron chi connectivity index (χ4n) is 2.30. The van der Waals surface area contributed by atoms with Crippen molar-refractivity contribution < 1.29 is 14.2 Å². The minimum atomic E-state index is 0.623. The second-order valence-electron chi connectivity index (χ2n) is 4.96. The average molecular weight is 305 g/mol. The van der Waals surface area contributed by atoms with Crippen LogP contribution in [0.4, 0.5) is 0 Å². The predicted octanol–water partition coefficient (Wildman–Crippen LogP) is 2.61. The minimum absolute atomic E-state index is 0.623. The molecule has 0 saturated carbocycles. The number of ether oxygens (including phenoxy) is 3. The van der Waals surface area contributed by atoms with E-state index in [0.717, 1.165) is 37.2 Å². The van der Waals surface area contributed by atoms with E-state index in [1.807, 2.05) is 6.07 Å². The van der Waals surface area contributed by atoms with Gasteiger partial charge in [-0.3, -0.25) is 10.4 Å². The van der Waals surface area contributed by atoms with Crippen molar-refractivity contribution in [2.45, 2.75) is 25.7 Å². The van der Waals surface area contributed by atoms with E-state index in [1.165, 1.54) is 6.42 Å². The van der Waals surface area contributed by atoms with E-state index in [9.17, 15) is 0 Å². The summed E-state index contributed by atoms with van der Waals surface area (Å²) in [5.74, 6) is 2.87. The van der Waals surface area contributed by atoms with Crippen LogP contribution in [-0.4, -0.2) is 39.9 Å². The zero-order valence-electron chi connectivity index (χ0n) is 13.4. The highest BCUT2D eigenvalue weighted by atomic mass is 16.5. The largest absolute Gasteiger partial charge is 0.496 e. The Labute approximate surface area is 131 Å². The van der Waals surface area contributed by atoms with Crippen LogP contribution in [0.1, 0.15) is 31.2 Å². The summed E-state index contributed by atoms with van der Waals surface area (Å²) in [4.78, 5) is 4.47. The van der Waals surface area contributed by atoms with Gasteiger partial charge < -0.3 is 14.2 Å².